The van der Waals surface area contributed by atoms with E-state index in [0.717, 1.165) is 32.2 Å². The van der Waals surface area contributed by atoms with Gasteiger partial charge < -0.3 is 14.6 Å². The largest absolute Gasteiger partial charge is 0.492 e. The molecule has 1 unspecified atom stereocenters. The summed E-state index contributed by atoms with van der Waals surface area (Å²) >= 11 is 0. The van der Waals surface area contributed by atoms with Gasteiger partial charge in [0, 0.05) is 19.1 Å². The summed E-state index contributed by atoms with van der Waals surface area (Å²) in [5.74, 6) is 0.481. The van der Waals surface area contributed by atoms with E-state index >= 15 is 0 Å². The fraction of sp³-hybridized carbons (Fsp3) is 0.562. The van der Waals surface area contributed by atoms with Crippen LogP contribution in [0, 0.1) is 5.92 Å². The molecule has 1 saturated carbocycles. The highest BCUT2D eigenvalue weighted by molar-refractivity contribution is 5.87. The van der Waals surface area contributed by atoms with Crippen LogP contribution in [0.5, 0.6) is 5.75 Å². The topological polar surface area (TPSA) is 59.0 Å². The lowest BCUT2D eigenvalue weighted by molar-refractivity contribution is -0.0201. The Morgan fingerprint density at radius 2 is 2.29 bits per heavy atom. The number of nitrogens with zero attached hydrogens (tertiary/aromatic N) is 1. The summed E-state index contributed by atoms with van der Waals surface area (Å²) in [4.78, 5) is 13.4. The van der Waals surface area contributed by atoms with E-state index in [4.69, 9.17) is 14.6 Å². The van der Waals surface area contributed by atoms with Crippen molar-refractivity contribution in [2.24, 2.45) is 5.92 Å². The van der Waals surface area contributed by atoms with E-state index < -0.39 is 5.97 Å². The van der Waals surface area contributed by atoms with Crippen molar-refractivity contribution in [1.82, 2.24) is 4.90 Å². The molecule has 0 aromatic heterocycles. The van der Waals surface area contributed by atoms with Crippen LogP contribution in [-0.2, 0) is 4.74 Å². The standard InChI is InChI=1S/C16H21NO4/c18-16(19)13-2-1-3-14(10-13)21-9-7-17-6-8-20-11-15(17)12-4-5-12/h1-3,10,12,15H,4-9,11H2,(H,18,19). The maximum Gasteiger partial charge on any atom is 0.335 e. The van der Waals surface area contributed by atoms with E-state index in [-0.39, 0.29) is 5.56 Å². The van der Waals surface area contributed by atoms with Crippen molar-refractivity contribution in [2.75, 3.05) is 32.9 Å². The Morgan fingerprint density at radius 1 is 1.43 bits per heavy atom. The number of hydrogen-bond donors (Lipinski definition) is 1. The molecular weight excluding hydrogens is 270 g/mol. The number of rotatable bonds is 6. The minimum atomic E-state index is -0.928. The van der Waals surface area contributed by atoms with Crippen LogP contribution in [0.25, 0.3) is 0 Å². The lowest BCUT2D eigenvalue weighted by Crippen LogP contribution is -2.48. The minimum Gasteiger partial charge on any atom is -0.492 e. The maximum atomic E-state index is 10.9. The molecule has 1 aliphatic heterocycles. The number of morpholine rings is 1. The van der Waals surface area contributed by atoms with E-state index in [2.05, 4.69) is 4.90 Å². The summed E-state index contributed by atoms with van der Waals surface area (Å²) < 4.78 is 11.3. The van der Waals surface area contributed by atoms with Crippen LogP contribution >= 0.6 is 0 Å². The van der Waals surface area contributed by atoms with Gasteiger partial charge in [-0.2, -0.15) is 0 Å². The van der Waals surface area contributed by atoms with Gasteiger partial charge in [-0.25, -0.2) is 4.79 Å². The quantitative estimate of drug-likeness (QED) is 0.867. The van der Waals surface area contributed by atoms with Crippen LogP contribution in [0.15, 0.2) is 24.3 Å². The smallest absolute Gasteiger partial charge is 0.335 e. The molecule has 2 aliphatic rings. The summed E-state index contributed by atoms with van der Waals surface area (Å²) in [7, 11) is 0. The van der Waals surface area contributed by atoms with E-state index in [9.17, 15) is 4.79 Å². The Bertz CT molecular complexity index is 501. The Labute approximate surface area is 124 Å². The van der Waals surface area contributed by atoms with Crippen LogP contribution in [0.4, 0.5) is 0 Å². The zero-order chi connectivity index (χ0) is 14.7. The van der Waals surface area contributed by atoms with Gasteiger partial charge in [0.05, 0.1) is 18.8 Å². The number of benzene rings is 1. The van der Waals surface area contributed by atoms with Crippen LogP contribution in [-0.4, -0.2) is 54.9 Å². The zero-order valence-corrected chi connectivity index (χ0v) is 12.0. The van der Waals surface area contributed by atoms with Crippen LogP contribution < -0.4 is 4.74 Å². The highest BCUT2D eigenvalue weighted by Crippen LogP contribution is 2.36. The monoisotopic (exact) mass is 291 g/mol. The minimum absolute atomic E-state index is 0.259. The molecule has 114 valence electrons. The number of carbonyl (C=O) groups is 1. The van der Waals surface area contributed by atoms with Crippen molar-refractivity contribution >= 4 is 5.97 Å². The van der Waals surface area contributed by atoms with Gasteiger partial charge >= 0.3 is 5.97 Å². The SMILES string of the molecule is O=C(O)c1cccc(OCCN2CCOCC2C2CC2)c1. The van der Waals surface area contributed by atoms with Gasteiger partial charge in [0.15, 0.2) is 0 Å². The second-order valence-electron chi connectivity index (χ2n) is 5.70. The summed E-state index contributed by atoms with van der Waals surface area (Å²) in [6.07, 6.45) is 2.62. The predicted octanol–water partition coefficient (Wildman–Crippen LogP) is 1.87. The Hall–Kier alpha value is -1.59. The molecule has 5 nitrogen and oxygen atoms in total. The first-order valence-electron chi connectivity index (χ1n) is 7.52. The van der Waals surface area contributed by atoms with Crippen LogP contribution in [0.1, 0.15) is 23.2 Å². The zero-order valence-electron chi connectivity index (χ0n) is 12.0. The van der Waals surface area contributed by atoms with Gasteiger partial charge in [0.1, 0.15) is 12.4 Å². The Morgan fingerprint density at radius 3 is 3.05 bits per heavy atom. The molecule has 1 aromatic carbocycles. The fourth-order valence-electron chi connectivity index (χ4n) is 2.85. The van der Waals surface area contributed by atoms with Gasteiger partial charge in [-0.05, 0) is 37.0 Å². The lowest BCUT2D eigenvalue weighted by Gasteiger charge is -2.35. The summed E-state index contributed by atoms with van der Waals surface area (Å²) in [5, 5.41) is 8.96. The molecular formula is C16H21NO4. The molecule has 0 bridgehead atoms. The van der Waals surface area contributed by atoms with E-state index in [0.29, 0.717) is 18.4 Å². The molecule has 5 heteroatoms. The lowest BCUT2D eigenvalue weighted by atomic mass is 10.1. The number of ether oxygens (including phenoxy) is 2. The molecule has 1 N–H and O–H groups in total. The van der Waals surface area contributed by atoms with Crippen molar-refractivity contribution in [1.29, 1.82) is 0 Å². The van der Waals surface area contributed by atoms with Crippen molar-refractivity contribution in [3.8, 4) is 5.75 Å². The average molecular weight is 291 g/mol. The first-order chi connectivity index (χ1) is 10.2. The molecule has 2 fully saturated rings. The number of carboxylic acid groups (broad SMARTS) is 1. The Kier molecular flexibility index (Phi) is 4.41. The third-order valence-corrected chi connectivity index (χ3v) is 4.17. The normalized spacial score (nSPS) is 23.0. The molecule has 0 spiro atoms. The molecule has 0 radical (unpaired) electrons. The van der Waals surface area contributed by atoms with Crippen molar-refractivity contribution in [2.45, 2.75) is 18.9 Å². The second kappa shape index (κ2) is 6.45. The highest BCUT2D eigenvalue weighted by atomic mass is 16.5. The molecule has 3 rings (SSSR count). The van der Waals surface area contributed by atoms with Gasteiger partial charge in [-0.1, -0.05) is 6.07 Å². The van der Waals surface area contributed by atoms with E-state index in [1.54, 1.807) is 24.3 Å². The highest BCUT2D eigenvalue weighted by Gasteiger charge is 2.36. The first-order valence-corrected chi connectivity index (χ1v) is 7.52. The Balaban J connectivity index is 1.50. The van der Waals surface area contributed by atoms with Crippen LogP contribution in [0.2, 0.25) is 0 Å². The molecule has 1 aliphatic carbocycles. The van der Waals surface area contributed by atoms with Crippen molar-refractivity contribution < 1.29 is 19.4 Å². The van der Waals surface area contributed by atoms with E-state index in [1.807, 2.05) is 0 Å². The fourth-order valence-corrected chi connectivity index (χ4v) is 2.85. The van der Waals surface area contributed by atoms with Crippen LogP contribution in [0.3, 0.4) is 0 Å². The van der Waals surface area contributed by atoms with Crippen molar-refractivity contribution in [3.05, 3.63) is 29.8 Å². The molecule has 1 aromatic rings. The van der Waals surface area contributed by atoms with Gasteiger partial charge in [-0.3, -0.25) is 4.90 Å². The predicted molar refractivity (Wildman–Crippen MR) is 77.8 cm³/mol. The number of hydrogen-bond acceptors (Lipinski definition) is 4. The third-order valence-electron chi connectivity index (χ3n) is 4.17. The van der Waals surface area contributed by atoms with E-state index in [1.165, 1.54) is 12.8 Å². The molecule has 1 atom stereocenters. The van der Waals surface area contributed by atoms with Crippen molar-refractivity contribution in [3.63, 3.8) is 0 Å². The first kappa shape index (κ1) is 14.4. The number of aromatic carboxylic acids is 1. The maximum absolute atomic E-state index is 10.9. The average Bonchev–Trinajstić information content (AvgIpc) is 3.33. The van der Waals surface area contributed by atoms with Gasteiger partial charge in [0.25, 0.3) is 0 Å². The molecule has 21 heavy (non-hydrogen) atoms. The van der Waals surface area contributed by atoms with Gasteiger partial charge in [-0.15, -0.1) is 0 Å². The summed E-state index contributed by atoms with van der Waals surface area (Å²) in [6, 6.07) is 7.18. The second-order valence-corrected chi connectivity index (χ2v) is 5.70. The summed E-state index contributed by atoms with van der Waals surface area (Å²) in [6.45, 7) is 4.02. The summed E-state index contributed by atoms with van der Waals surface area (Å²) in [5.41, 5.74) is 0.259. The third kappa shape index (κ3) is 3.74. The molecule has 1 heterocycles. The number of carboxylic acids is 1. The molecule has 1 saturated heterocycles. The van der Waals surface area contributed by atoms with Gasteiger partial charge in [0.2, 0.25) is 0 Å². The molecule has 0 amide bonds.